The molecule has 0 aliphatic carbocycles. The maximum absolute atomic E-state index is 12.9. The van der Waals surface area contributed by atoms with E-state index in [1.165, 1.54) is 24.2 Å². The number of thiophene rings is 2. The molecule has 168 valence electrons. The van der Waals surface area contributed by atoms with E-state index in [0.717, 1.165) is 30.9 Å². The Balaban J connectivity index is 1.40. The summed E-state index contributed by atoms with van der Waals surface area (Å²) in [5.41, 5.74) is 8.90. The second-order valence-corrected chi connectivity index (χ2v) is 9.18. The van der Waals surface area contributed by atoms with Crippen molar-refractivity contribution in [3.05, 3.63) is 57.2 Å². The number of likely N-dealkylation sites (tertiary alicyclic amines) is 1. The molecule has 4 rings (SSSR count). The number of rotatable bonds is 8. The van der Waals surface area contributed by atoms with Gasteiger partial charge in [0, 0.05) is 42.0 Å². The van der Waals surface area contributed by atoms with Crippen LogP contribution >= 0.6 is 22.7 Å². The van der Waals surface area contributed by atoms with Crippen LogP contribution in [0.2, 0.25) is 0 Å². The summed E-state index contributed by atoms with van der Waals surface area (Å²) in [6, 6.07) is 5.25. The van der Waals surface area contributed by atoms with E-state index < -0.39 is 0 Å². The molecule has 1 saturated heterocycles. The van der Waals surface area contributed by atoms with Gasteiger partial charge in [-0.05, 0) is 49.0 Å². The molecule has 0 saturated carbocycles. The minimum absolute atomic E-state index is 0.141. The van der Waals surface area contributed by atoms with Crippen molar-refractivity contribution < 1.29 is 9.59 Å². The zero-order chi connectivity index (χ0) is 22.3. The van der Waals surface area contributed by atoms with Gasteiger partial charge >= 0.3 is 6.03 Å². The first kappa shape index (κ1) is 22.3. The van der Waals surface area contributed by atoms with Crippen LogP contribution in [0.25, 0.3) is 0 Å². The molecule has 1 aliphatic rings. The van der Waals surface area contributed by atoms with E-state index in [0.29, 0.717) is 30.2 Å². The molecule has 0 unspecified atom stereocenters. The van der Waals surface area contributed by atoms with Gasteiger partial charge in [0.1, 0.15) is 5.69 Å². The maximum Gasteiger partial charge on any atom is 0.322 e. The highest BCUT2D eigenvalue weighted by Crippen LogP contribution is 2.23. The van der Waals surface area contributed by atoms with Crippen LogP contribution < -0.4 is 16.4 Å². The van der Waals surface area contributed by atoms with Crippen LogP contribution in [0, 0.1) is 0 Å². The highest BCUT2D eigenvalue weighted by Gasteiger charge is 2.18. The first-order valence-electron chi connectivity index (χ1n) is 10.5. The fourth-order valence-electron chi connectivity index (χ4n) is 3.53. The van der Waals surface area contributed by atoms with Crippen LogP contribution in [0.3, 0.4) is 0 Å². The summed E-state index contributed by atoms with van der Waals surface area (Å²) >= 11 is 2.96. The third-order valence-electron chi connectivity index (χ3n) is 5.32. The number of carbonyl (C=O) groups is 2. The molecule has 0 radical (unpaired) electrons. The standard InChI is InChI=1S/C22H26N6O2S2/c23-18-14-32-15-20(18)26-21(29)19-4-3-16(11-24-19)12-28(9-8-27-6-1-2-7-27)22(30)25-17-5-10-31-13-17/h3-5,10-11,13-15H,1-2,6-9,12,23H2,(H,25,30)(H,26,29). The molecule has 0 atom stereocenters. The quantitative estimate of drug-likeness (QED) is 0.458. The molecular weight excluding hydrogens is 444 g/mol. The van der Waals surface area contributed by atoms with Crippen molar-refractivity contribution in [3.8, 4) is 0 Å². The Bertz CT molecular complexity index is 1030. The number of amides is 3. The Hall–Kier alpha value is -2.95. The van der Waals surface area contributed by atoms with Crippen molar-refractivity contribution in [1.29, 1.82) is 0 Å². The summed E-state index contributed by atoms with van der Waals surface area (Å²) in [6.45, 7) is 4.04. The highest BCUT2D eigenvalue weighted by molar-refractivity contribution is 7.09. The molecule has 32 heavy (non-hydrogen) atoms. The van der Waals surface area contributed by atoms with Crippen LogP contribution in [0.1, 0.15) is 28.9 Å². The van der Waals surface area contributed by atoms with E-state index in [-0.39, 0.29) is 11.9 Å². The van der Waals surface area contributed by atoms with Crippen molar-refractivity contribution in [2.24, 2.45) is 0 Å². The number of anilines is 3. The molecule has 10 heteroatoms. The van der Waals surface area contributed by atoms with Gasteiger partial charge in [0.2, 0.25) is 0 Å². The van der Waals surface area contributed by atoms with Crippen LogP contribution in [-0.2, 0) is 6.54 Å². The van der Waals surface area contributed by atoms with Crippen molar-refractivity contribution >= 4 is 51.7 Å². The molecule has 3 aromatic rings. The summed E-state index contributed by atoms with van der Waals surface area (Å²) in [5, 5.41) is 13.1. The van der Waals surface area contributed by atoms with E-state index in [2.05, 4.69) is 20.5 Å². The largest absolute Gasteiger partial charge is 0.396 e. The van der Waals surface area contributed by atoms with Crippen molar-refractivity contribution in [3.63, 3.8) is 0 Å². The fourth-order valence-corrected chi connectivity index (χ4v) is 4.79. The lowest BCUT2D eigenvalue weighted by Gasteiger charge is -2.25. The Morgan fingerprint density at radius 2 is 1.94 bits per heavy atom. The van der Waals surface area contributed by atoms with Crippen LogP contribution in [0.15, 0.2) is 45.9 Å². The maximum atomic E-state index is 12.9. The molecule has 8 nitrogen and oxygen atoms in total. The van der Waals surface area contributed by atoms with E-state index in [1.54, 1.807) is 39.3 Å². The van der Waals surface area contributed by atoms with Gasteiger partial charge in [-0.2, -0.15) is 11.3 Å². The fraction of sp³-hybridized carbons (Fsp3) is 0.318. The molecule has 4 heterocycles. The van der Waals surface area contributed by atoms with Gasteiger partial charge in [-0.3, -0.25) is 9.78 Å². The number of carbonyl (C=O) groups excluding carboxylic acids is 2. The normalized spacial score (nSPS) is 13.8. The van der Waals surface area contributed by atoms with E-state index in [4.69, 9.17) is 5.73 Å². The van der Waals surface area contributed by atoms with Crippen molar-refractivity contribution in [2.75, 3.05) is 42.5 Å². The SMILES string of the molecule is Nc1cscc1NC(=O)c1ccc(CN(CCN2CCCC2)C(=O)Nc2ccsc2)cn1. The van der Waals surface area contributed by atoms with Gasteiger partial charge < -0.3 is 26.2 Å². The molecule has 3 aromatic heterocycles. The summed E-state index contributed by atoms with van der Waals surface area (Å²) in [7, 11) is 0. The van der Waals surface area contributed by atoms with Gasteiger partial charge in [0.15, 0.2) is 0 Å². The number of pyridine rings is 1. The lowest BCUT2D eigenvalue weighted by atomic mass is 10.2. The number of nitrogens with one attached hydrogen (secondary N) is 2. The molecular formula is C22H26N6O2S2. The molecule has 0 aromatic carbocycles. The third kappa shape index (κ3) is 5.84. The predicted octanol–water partition coefficient (Wildman–Crippen LogP) is 4.17. The predicted molar refractivity (Wildman–Crippen MR) is 130 cm³/mol. The van der Waals surface area contributed by atoms with E-state index in [9.17, 15) is 9.59 Å². The second-order valence-electron chi connectivity index (χ2n) is 7.66. The molecule has 0 bridgehead atoms. The number of hydrogen-bond donors (Lipinski definition) is 3. The molecule has 4 N–H and O–H groups in total. The minimum Gasteiger partial charge on any atom is -0.396 e. The lowest BCUT2D eigenvalue weighted by Crippen LogP contribution is -2.39. The number of aromatic nitrogens is 1. The molecule has 3 amide bonds. The second kappa shape index (κ2) is 10.6. The summed E-state index contributed by atoms with van der Waals surface area (Å²) in [6.07, 6.45) is 4.07. The minimum atomic E-state index is -0.317. The zero-order valence-corrected chi connectivity index (χ0v) is 19.3. The average molecular weight is 471 g/mol. The number of nitrogens with two attached hydrogens (primary N) is 1. The number of nitrogens with zero attached hydrogens (tertiary/aromatic N) is 3. The molecule has 0 spiro atoms. The van der Waals surface area contributed by atoms with Gasteiger partial charge in [0.25, 0.3) is 5.91 Å². The van der Waals surface area contributed by atoms with Gasteiger partial charge in [-0.25, -0.2) is 4.79 Å². The van der Waals surface area contributed by atoms with Gasteiger partial charge in [-0.15, -0.1) is 11.3 Å². The Morgan fingerprint density at radius 3 is 2.59 bits per heavy atom. The molecule has 1 fully saturated rings. The highest BCUT2D eigenvalue weighted by atomic mass is 32.1. The Labute approximate surface area is 195 Å². The Kier molecular flexibility index (Phi) is 7.35. The van der Waals surface area contributed by atoms with Crippen molar-refractivity contribution in [2.45, 2.75) is 19.4 Å². The van der Waals surface area contributed by atoms with E-state index in [1.807, 2.05) is 22.9 Å². The van der Waals surface area contributed by atoms with Crippen LogP contribution in [0.5, 0.6) is 0 Å². The van der Waals surface area contributed by atoms with Crippen LogP contribution in [0.4, 0.5) is 21.9 Å². The first-order chi connectivity index (χ1) is 15.6. The molecule has 1 aliphatic heterocycles. The summed E-state index contributed by atoms with van der Waals surface area (Å²) in [5.74, 6) is -0.317. The average Bonchev–Trinajstić information content (AvgIpc) is 3.56. The smallest absolute Gasteiger partial charge is 0.322 e. The van der Waals surface area contributed by atoms with Crippen molar-refractivity contribution in [1.82, 2.24) is 14.8 Å². The Morgan fingerprint density at radius 1 is 1.09 bits per heavy atom. The topological polar surface area (TPSA) is 104 Å². The van der Waals surface area contributed by atoms with Gasteiger partial charge in [0.05, 0.1) is 17.1 Å². The van der Waals surface area contributed by atoms with Gasteiger partial charge in [-0.1, -0.05) is 6.07 Å². The number of hydrogen-bond acceptors (Lipinski definition) is 7. The van der Waals surface area contributed by atoms with E-state index >= 15 is 0 Å². The number of nitrogen functional groups attached to an aromatic ring is 1. The zero-order valence-electron chi connectivity index (χ0n) is 17.6. The lowest BCUT2D eigenvalue weighted by molar-refractivity contribution is 0.102. The first-order valence-corrected chi connectivity index (χ1v) is 12.4. The van der Waals surface area contributed by atoms with Crippen LogP contribution in [-0.4, -0.2) is 52.9 Å². The monoisotopic (exact) mass is 470 g/mol. The summed E-state index contributed by atoms with van der Waals surface area (Å²) in [4.78, 5) is 33.8. The summed E-state index contributed by atoms with van der Waals surface area (Å²) < 4.78 is 0. The number of urea groups is 1. The third-order valence-corrected chi connectivity index (χ3v) is 6.76.